The van der Waals surface area contributed by atoms with Crippen LogP contribution >= 0.6 is 0 Å². The zero-order valence-corrected chi connectivity index (χ0v) is 16.7. The van der Waals surface area contributed by atoms with E-state index in [2.05, 4.69) is 31.7 Å². The zero-order chi connectivity index (χ0) is 20.3. The number of anilines is 3. The molecule has 3 heterocycles. The van der Waals surface area contributed by atoms with Crippen molar-refractivity contribution in [1.82, 2.24) is 15.0 Å². The van der Waals surface area contributed by atoms with Crippen LogP contribution in [0.25, 0.3) is 10.8 Å². The van der Waals surface area contributed by atoms with E-state index in [1.165, 1.54) is 6.26 Å². The molecule has 28 heavy (non-hydrogen) atoms. The third-order valence-electron chi connectivity index (χ3n) is 3.78. The van der Waals surface area contributed by atoms with Crippen molar-refractivity contribution in [2.24, 2.45) is 0 Å². The largest absolute Gasteiger partial charge is 0.367 e. The Morgan fingerprint density at radius 1 is 1.25 bits per heavy atom. The first-order valence-corrected chi connectivity index (χ1v) is 10.8. The Bertz CT molecular complexity index is 1170. The van der Waals surface area contributed by atoms with Crippen molar-refractivity contribution in [3.05, 3.63) is 47.9 Å². The van der Waals surface area contributed by atoms with Crippen molar-refractivity contribution < 1.29 is 4.21 Å². The average Bonchev–Trinajstić information content (AvgIpc) is 2.60. The highest BCUT2D eigenvalue weighted by Gasteiger charge is 2.10. The molecule has 0 saturated heterocycles. The molecule has 1 unspecified atom stereocenters. The summed E-state index contributed by atoms with van der Waals surface area (Å²) in [5, 5.41) is 17.2. The molecule has 8 nitrogen and oxygen atoms in total. The van der Waals surface area contributed by atoms with Gasteiger partial charge in [-0.05, 0) is 43.7 Å². The Balaban J connectivity index is 1.96. The lowest BCUT2D eigenvalue weighted by Crippen LogP contribution is -2.12. The van der Waals surface area contributed by atoms with Gasteiger partial charge in [0.2, 0.25) is 0 Å². The number of hydrogen-bond donors (Lipinski definition) is 3. The van der Waals surface area contributed by atoms with Gasteiger partial charge in [-0.1, -0.05) is 0 Å². The maximum atomic E-state index is 11.7. The number of rotatable bonds is 6. The Kier molecular flexibility index (Phi) is 5.42. The van der Waals surface area contributed by atoms with E-state index in [1.807, 2.05) is 19.9 Å². The van der Waals surface area contributed by atoms with Crippen LogP contribution in [0.2, 0.25) is 0 Å². The van der Waals surface area contributed by atoms with E-state index in [4.69, 9.17) is 4.78 Å². The highest BCUT2D eigenvalue weighted by atomic mass is 32.2. The Morgan fingerprint density at radius 3 is 2.68 bits per heavy atom. The number of pyridine rings is 3. The van der Waals surface area contributed by atoms with Crippen molar-refractivity contribution in [3.63, 3.8) is 0 Å². The molecule has 0 spiro atoms. The lowest BCUT2D eigenvalue weighted by atomic mass is 10.1. The molecule has 0 bridgehead atoms. The van der Waals surface area contributed by atoms with E-state index in [1.54, 1.807) is 30.6 Å². The molecule has 0 aliphatic carbocycles. The summed E-state index contributed by atoms with van der Waals surface area (Å²) < 4.78 is 19.3. The normalized spacial score (nSPS) is 13.1. The predicted octanol–water partition coefficient (Wildman–Crippen LogP) is 3.64. The zero-order valence-electron chi connectivity index (χ0n) is 15.9. The van der Waals surface area contributed by atoms with Gasteiger partial charge in [0.25, 0.3) is 0 Å². The minimum Gasteiger partial charge on any atom is -0.367 e. The van der Waals surface area contributed by atoms with Gasteiger partial charge in [0.15, 0.2) is 0 Å². The molecule has 1 atom stereocenters. The van der Waals surface area contributed by atoms with Gasteiger partial charge >= 0.3 is 0 Å². The van der Waals surface area contributed by atoms with Crippen molar-refractivity contribution in [1.29, 1.82) is 10.0 Å². The van der Waals surface area contributed by atoms with Gasteiger partial charge in [-0.3, -0.25) is 4.78 Å². The van der Waals surface area contributed by atoms with E-state index < -0.39 is 9.73 Å². The molecule has 144 valence electrons. The third kappa shape index (κ3) is 4.92. The fraction of sp³-hybridized carbons (Fsp3) is 0.263. The molecule has 3 rings (SSSR count). The molecule has 0 fully saturated rings. The first-order valence-electron chi connectivity index (χ1n) is 8.64. The molecular weight excluding hydrogens is 374 g/mol. The topological polar surface area (TPSA) is 127 Å². The summed E-state index contributed by atoms with van der Waals surface area (Å²) in [6.07, 6.45) is 4.70. The molecule has 3 aromatic heterocycles. The van der Waals surface area contributed by atoms with Crippen LogP contribution in [-0.4, -0.2) is 31.5 Å². The van der Waals surface area contributed by atoms with Gasteiger partial charge < -0.3 is 10.6 Å². The van der Waals surface area contributed by atoms with E-state index >= 15 is 0 Å². The highest BCUT2D eigenvalue weighted by molar-refractivity contribution is 7.90. The van der Waals surface area contributed by atoms with Crippen LogP contribution in [0.15, 0.2) is 36.7 Å². The average molecular weight is 395 g/mol. The van der Waals surface area contributed by atoms with Crippen LogP contribution in [0.1, 0.15) is 25.1 Å². The number of hydrogen-bond acceptors (Lipinski definition) is 8. The molecule has 0 aliphatic rings. The highest BCUT2D eigenvalue weighted by Crippen LogP contribution is 2.26. The molecule has 9 heteroatoms. The summed E-state index contributed by atoms with van der Waals surface area (Å²) in [7, 11) is -2.63. The van der Waals surface area contributed by atoms with Crippen LogP contribution in [0.4, 0.5) is 17.5 Å². The van der Waals surface area contributed by atoms with Gasteiger partial charge in [0.1, 0.15) is 29.2 Å². The summed E-state index contributed by atoms with van der Waals surface area (Å²) in [6, 6.07) is 9.27. The van der Waals surface area contributed by atoms with Gasteiger partial charge in [-0.15, -0.1) is 0 Å². The Labute approximate surface area is 164 Å². The van der Waals surface area contributed by atoms with E-state index in [-0.39, 0.29) is 11.8 Å². The molecule has 0 saturated carbocycles. The number of aromatic nitrogens is 3. The lowest BCUT2D eigenvalue weighted by molar-refractivity contribution is 0.678. The smallest absolute Gasteiger partial charge is 0.143 e. The van der Waals surface area contributed by atoms with E-state index in [9.17, 15) is 9.47 Å². The molecule has 0 radical (unpaired) electrons. The Morgan fingerprint density at radius 2 is 2.00 bits per heavy atom. The lowest BCUT2D eigenvalue weighted by Gasteiger charge is -2.13. The van der Waals surface area contributed by atoms with Crippen LogP contribution in [0.3, 0.4) is 0 Å². The summed E-state index contributed by atoms with van der Waals surface area (Å²) in [5.74, 6) is 1.90. The second-order valence-corrected chi connectivity index (χ2v) is 9.18. The standard InChI is InChI=1S/C19H21N7OS/c1-12(2)24-19-16-8-18(23-10-14(16)7-15(9-20)25-19)26-17-6-13(4-5-22-17)11-28(3,21)27/h4-8,10,12,21H,11H2,1-3H3,(H,24,25)(H,22,23,26). The molecule has 3 aromatic rings. The monoisotopic (exact) mass is 395 g/mol. The SMILES string of the molecule is CC(C)Nc1nc(C#N)cc2cnc(Nc3cc(CS(C)(=N)=O)ccn3)cc12. The van der Waals surface area contributed by atoms with Gasteiger partial charge in [-0.25, -0.2) is 19.2 Å². The number of nitrogens with zero attached hydrogens (tertiary/aromatic N) is 4. The maximum absolute atomic E-state index is 11.7. The minimum absolute atomic E-state index is 0.154. The second-order valence-electron chi connectivity index (χ2n) is 6.88. The number of fused-ring (bicyclic) bond motifs is 1. The fourth-order valence-corrected chi connectivity index (χ4v) is 3.55. The number of nitriles is 1. The predicted molar refractivity (Wildman–Crippen MR) is 111 cm³/mol. The molecule has 3 N–H and O–H groups in total. The minimum atomic E-state index is -2.63. The summed E-state index contributed by atoms with van der Waals surface area (Å²) in [5.41, 5.74) is 1.09. The van der Waals surface area contributed by atoms with Crippen LogP contribution in [0.5, 0.6) is 0 Å². The summed E-state index contributed by atoms with van der Waals surface area (Å²) >= 11 is 0. The van der Waals surface area contributed by atoms with E-state index in [0.29, 0.717) is 23.1 Å². The fourth-order valence-electron chi connectivity index (χ4n) is 2.74. The van der Waals surface area contributed by atoms with E-state index in [0.717, 1.165) is 16.3 Å². The number of nitrogens with one attached hydrogen (secondary N) is 3. The molecular formula is C19H21N7OS. The summed E-state index contributed by atoms with van der Waals surface area (Å²) in [4.78, 5) is 13.0. The molecule has 0 amide bonds. The maximum Gasteiger partial charge on any atom is 0.143 e. The molecule has 0 aliphatic heterocycles. The third-order valence-corrected chi connectivity index (χ3v) is 4.66. The van der Waals surface area contributed by atoms with Crippen LogP contribution in [0, 0.1) is 16.1 Å². The van der Waals surface area contributed by atoms with Crippen molar-refractivity contribution in [2.75, 3.05) is 16.9 Å². The van der Waals surface area contributed by atoms with Gasteiger partial charge in [0.05, 0.1) is 5.75 Å². The quantitative estimate of drug-likeness (QED) is 0.581. The van der Waals surface area contributed by atoms with Gasteiger partial charge in [0, 0.05) is 45.2 Å². The first kappa shape index (κ1) is 19.5. The summed E-state index contributed by atoms with van der Waals surface area (Å²) in [6.45, 7) is 4.00. The molecule has 0 aromatic carbocycles. The Hall–Kier alpha value is -3.25. The second kappa shape index (κ2) is 7.78. The van der Waals surface area contributed by atoms with Crippen molar-refractivity contribution in [3.8, 4) is 6.07 Å². The van der Waals surface area contributed by atoms with Crippen LogP contribution < -0.4 is 10.6 Å². The first-order chi connectivity index (χ1) is 13.2. The van der Waals surface area contributed by atoms with Crippen LogP contribution in [-0.2, 0) is 15.5 Å². The van der Waals surface area contributed by atoms with Crippen molar-refractivity contribution >= 4 is 38.0 Å². The van der Waals surface area contributed by atoms with Gasteiger partial charge in [-0.2, -0.15) is 5.26 Å². The van der Waals surface area contributed by atoms with Crippen molar-refractivity contribution in [2.45, 2.75) is 25.6 Å².